The van der Waals surface area contributed by atoms with Crippen LogP contribution in [-0.4, -0.2) is 23.5 Å². The van der Waals surface area contributed by atoms with E-state index in [0.717, 1.165) is 6.42 Å². The van der Waals surface area contributed by atoms with Crippen molar-refractivity contribution in [2.75, 3.05) is 0 Å². The van der Waals surface area contributed by atoms with Crippen molar-refractivity contribution in [3.63, 3.8) is 0 Å². The van der Waals surface area contributed by atoms with Crippen molar-refractivity contribution in [3.8, 4) is 0 Å². The van der Waals surface area contributed by atoms with Crippen LogP contribution in [0.15, 0.2) is 16.7 Å². The van der Waals surface area contributed by atoms with Crippen LogP contribution in [0.1, 0.15) is 51.4 Å². The van der Waals surface area contributed by atoms with Gasteiger partial charge in [-0.1, -0.05) is 20.3 Å². The summed E-state index contributed by atoms with van der Waals surface area (Å²) in [4.78, 5) is 24.4. The van der Waals surface area contributed by atoms with Gasteiger partial charge in [0.15, 0.2) is 0 Å². The number of hydrogen-bond acceptors (Lipinski definition) is 4. The van der Waals surface area contributed by atoms with E-state index >= 15 is 0 Å². The molecule has 0 saturated carbocycles. The normalized spacial score (nSPS) is 14.4. The highest BCUT2D eigenvalue weighted by Crippen LogP contribution is 2.19. The molecule has 5 nitrogen and oxygen atoms in total. The zero-order valence-electron chi connectivity index (χ0n) is 13.0. The van der Waals surface area contributed by atoms with Gasteiger partial charge in [0.1, 0.15) is 11.6 Å². The summed E-state index contributed by atoms with van der Waals surface area (Å²) in [6, 6.07) is 0.730. The van der Waals surface area contributed by atoms with Crippen molar-refractivity contribution in [1.82, 2.24) is 5.32 Å². The molecule has 0 fully saturated rings. The van der Waals surface area contributed by atoms with Gasteiger partial charge in [0.05, 0.1) is 11.8 Å². The Labute approximate surface area is 130 Å². The van der Waals surface area contributed by atoms with Gasteiger partial charge < -0.3 is 14.5 Å². The van der Waals surface area contributed by atoms with Gasteiger partial charge >= 0.3 is 5.97 Å². The maximum absolute atomic E-state index is 12.3. The van der Waals surface area contributed by atoms with Crippen molar-refractivity contribution in [2.45, 2.75) is 52.7 Å². The second-order valence-corrected chi connectivity index (χ2v) is 6.32. The molecule has 0 spiro atoms. The molecule has 118 valence electrons. The Morgan fingerprint density at radius 2 is 2.05 bits per heavy atom. The van der Waals surface area contributed by atoms with E-state index in [2.05, 4.69) is 5.32 Å². The molecule has 1 N–H and O–H groups in total. The molecule has 0 bridgehead atoms. The van der Waals surface area contributed by atoms with Crippen molar-refractivity contribution in [3.05, 3.63) is 23.1 Å². The van der Waals surface area contributed by atoms with Crippen LogP contribution in [-0.2, 0) is 9.53 Å². The van der Waals surface area contributed by atoms with Crippen LogP contribution >= 0.6 is 11.6 Å². The number of nitrogens with one attached hydrogen (secondary N) is 1. The average Bonchev–Trinajstić information content (AvgIpc) is 2.78. The molecular weight excluding hydrogens is 294 g/mol. The Bertz CT molecular complexity index is 504. The number of carbonyl (C=O) groups excluding carboxylic acids is 2. The molecule has 1 rings (SSSR count). The molecule has 1 amide bonds. The van der Waals surface area contributed by atoms with E-state index in [4.69, 9.17) is 20.8 Å². The molecule has 6 heteroatoms. The predicted molar refractivity (Wildman–Crippen MR) is 80.3 cm³/mol. The SMILES string of the molecule is CC[C@H](C)[C@H](NC(=O)c1ccoc1Cl)C(=O)OC(C)(C)C. The molecule has 2 atom stereocenters. The highest BCUT2D eigenvalue weighted by Gasteiger charge is 2.31. The maximum atomic E-state index is 12.3. The fraction of sp³-hybridized carbons (Fsp3) is 0.600. The highest BCUT2D eigenvalue weighted by atomic mass is 35.5. The topological polar surface area (TPSA) is 68.5 Å². The summed E-state index contributed by atoms with van der Waals surface area (Å²) in [7, 11) is 0. The smallest absolute Gasteiger partial charge is 0.329 e. The Kier molecular flexibility index (Phi) is 5.84. The predicted octanol–water partition coefficient (Wildman–Crippen LogP) is 3.42. The van der Waals surface area contributed by atoms with Gasteiger partial charge in [-0.3, -0.25) is 4.79 Å². The standard InChI is InChI=1S/C15H22ClNO4/c1-6-9(2)11(14(19)21-15(3,4)5)17-13(18)10-7-8-20-12(10)16/h7-9,11H,6H2,1-5H3,(H,17,18)/t9-,11-/m0/s1. The molecule has 0 radical (unpaired) electrons. The summed E-state index contributed by atoms with van der Waals surface area (Å²) in [5.74, 6) is -0.968. The summed E-state index contributed by atoms with van der Waals surface area (Å²) in [6.07, 6.45) is 2.05. The van der Waals surface area contributed by atoms with Gasteiger partial charge in [-0.15, -0.1) is 0 Å². The summed E-state index contributed by atoms with van der Waals surface area (Å²) in [5.41, 5.74) is -0.408. The lowest BCUT2D eigenvalue weighted by atomic mass is 9.98. The number of ether oxygens (including phenoxy) is 1. The van der Waals surface area contributed by atoms with Gasteiger partial charge in [0.2, 0.25) is 5.22 Å². The number of furan rings is 1. The lowest BCUT2D eigenvalue weighted by molar-refractivity contribution is -0.158. The van der Waals surface area contributed by atoms with E-state index in [0.29, 0.717) is 0 Å². The van der Waals surface area contributed by atoms with Crippen LogP contribution in [0.2, 0.25) is 5.22 Å². The van der Waals surface area contributed by atoms with E-state index in [9.17, 15) is 9.59 Å². The Morgan fingerprint density at radius 3 is 2.48 bits per heavy atom. The zero-order valence-corrected chi connectivity index (χ0v) is 13.8. The summed E-state index contributed by atoms with van der Waals surface area (Å²) in [6.45, 7) is 9.18. The van der Waals surface area contributed by atoms with E-state index in [1.54, 1.807) is 20.8 Å². The molecule has 0 saturated heterocycles. The summed E-state index contributed by atoms with van der Waals surface area (Å²) < 4.78 is 10.2. The first kappa shape index (κ1) is 17.6. The third-order valence-electron chi connectivity index (χ3n) is 3.02. The zero-order chi connectivity index (χ0) is 16.2. The number of amides is 1. The van der Waals surface area contributed by atoms with Crippen molar-refractivity contribution < 1.29 is 18.7 Å². The summed E-state index contributed by atoms with van der Waals surface area (Å²) in [5, 5.41) is 2.67. The first-order valence-electron chi connectivity index (χ1n) is 6.92. The minimum Gasteiger partial charge on any atom is -0.458 e. The number of esters is 1. The van der Waals surface area contributed by atoms with Crippen molar-refractivity contribution >= 4 is 23.5 Å². The molecule has 0 unspecified atom stereocenters. The Hall–Kier alpha value is -1.49. The molecule has 0 aliphatic heterocycles. The second kappa shape index (κ2) is 6.98. The number of rotatable bonds is 5. The van der Waals surface area contributed by atoms with Crippen LogP contribution < -0.4 is 5.32 Å². The van der Waals surface area contributed by atoms with Gasteiger partial charge in [-0.2, -0.15) is 0 Å². The maximum Gasteiger partial charge on any atom is 0.329 e. The fourth-order valence-electron chi connectivity index (χ4n) is 1.71. The van der Waals surface area contributed by atoms with Crippen LogP contribution in [0.3, 0.4) is 0 Å². The fourth-order valence-corrected chi connectivity index (χ4v) is 1.91. The van der Waals surface area contributed by atoms with Gasteiger partial charge in [0, 0.05) is 0 Å². The highest BCUT2D eigenvalue weighted by molar-refractivity contribution is 6.32. The van der Waals surface area contributed by atoms with Gasteiger partial charge in [0.25, 0.3) is 5.91 Å². The third-order valence-corrected chi connectivity index (χ3v) is 3.32. The van der Waals surface area contributed by atoms with Crippen molar-refractivity contribution in [2.24, 2.45) is 5.92 Å². The number of hydrogen-bond donors (Lipinski definition) is 1. The first-order chi connectivity index (χ1) is 9.65. The average molecular weight is 316 g/mol. The third kappa shape index (κ3) is 5.08. The van der Waals surface area contributed by atoms with Crippen LogP contribution in [0.25, 0.3) is 0 Å². The number of halogens is 1. The summed E-state index contributed by atoms with van der Waals surface area (Å²) >= 11 is 5.77. The minimum absolute atomic E-state index is 0.000379. The second-order valence-electron chi connectivity index (χ2n) is 5.98. The Morgan fingerprint density at radius 1 is 1.43 bits per heavy atom. The van der Waals surface area contributed by atoms with E-state index in [1.807, 2.05) is 13.8 Å². The minimum atomic E-state index is -0.729. The van der Waals surface area contributed by atoms with Crippen molar-refractivity contribution in [1.29, 1.82) is 0 Å². The monoisotopic (exact) mass is 315 g/mol. The Balaban J connectivity index is 2.87. The molecule has 1 heterocycles. The molecule has 1 aromatic heterocycles. The molecule has 0 aliphatic rings. The van der Waals surface area contributed by atoms with E-state index in [1.165, 1.54) is 12.3 Å². The lowest BCUT2D eigenvalue weighted by Gasteiger charge is -2.27. The molecular formula is C15H22ClNO4. The largest absolute Gasteiger partial charge is 0.458 e. The number of carbonyl (C=O) groups is 2. The molecule has 0 aromatic carbocycles. The van der Waals surface area contributed by atoms with E-state index in [-0.39, 0.29) is 16.7 Å². The first-order valence-corrected chi connectivity index (χ1v) is 7.30. The van der Waals surface area contributed by atoms with E-state index < -0.39 is 23.5 Å². The lowest BCUT2D eigenvalue weighted by Crippen LogP contribution is -2.47. The van der Waals surface area contributed by atoms with Crippen LogP contribution in [0, 0.1) is 5.92 Å². The molecule has 0 aliphatic carbocycles. The quantitative estimate of drug-likeness (QED) is 0.845. The molecule has 21 heavy (non-hydrogen) atoms. The van der Waals surface area contributed by atoms with Gasteiger partial charge in [-0.25, -0.2) is 4.79 Å². The molecule has 1 aromatic rings. The van der Waals surface area contributed by atoms with Crippen LogP contribution in [0.4, 0.5) is 0 Å². The van der Waals surface area contributed by atoms with Gasteiger partial charge in [-0.05, 0) is 44.4 Å². The van der Waals surface area contributed by atoms with Crippen LogP contribution in [0.5, 0.6) is 0 Å².